The van der Waals surface area contributed by atoms with Crippen LogP contribution in [-0.4, -0.2) is 44.1 Å². The molecule has 0 fully saturated rings. The van der Waals surface area contributed by atoms with Crippen molar-refractivity contribution in [2.75, 3.05) is 33.8 Å². The quantitative estimate of drug-likeness (QED) is 0.0649. The molecule has 232 valence electrons. The van der Waals surface area contributed by atoms with Crippen LogP contribution in [-0.2, 0) is 0 Å². The van der Waals surface area contributed by atoms with Crippen LogP contribution in [0.15, 0.2) is 54.6 Å². The van der Waals surface area contributed by atoms with Crippen LogP contribution < -0.4 is 21.7 Å². The minimum Gasteiger partial charge on any atom is -1.00 e. The van der Waals surface area contributed by atoms with E-state index in [1.54, 1.807) is 0 Å². The Morgan fingerprint density at radius 1 is 0.585 bits per heavy atom. The number of benzene rings is 2. The Bertz CT molecular complexity index is 899. The standard InChI is InChI=1S/C37H60NO2.BrH/c1-4-5-31-38(2,3)32-25-18-16-14-12-10-8-6-7-9-11-13-15-17-19-26-33-40-36-30-24-23-29-35(36)37(39)34-27-21-20-22-28-34;/h20-24,27-30H,4-19,25-26,31-33H2,1-3H3;1H/q+1;/p-1. The van der Waals surface area contributed by atoms with Gasteiger partial charge >= 0.3 is 0 Å². The summed E-state index contributed by atoms with van der Waals surface area (Å²) in [6.45, 7) is 5.66. The predicted molar refractivity (Wildman–Crippen MR) is 172 cm³/mol. The average Bonchev–Trinajstić information content (AvgIpc) is 2.97. The molecule has 2 aromatic carbocycles. The molecule has 0 radical (unpaired) electrons. The van der Waals surface area contributed by atoms with E-state index in [4.69, 9.17) is 4.74 Å². The van der Waals surface area contributed by atoms with Crippen molar-refractivity contribution in [2.45, 2.75) is 122 Å². The molecule has 0 aliphatic rings. The molecule has 0 bridgehead atoms. The highest BCUT2D eigenvalue weighted by molar-refractivity contribution is 6.10. The Morgan fingerprint density at radius 2 is 1.02 bits per heavy atom. The van der Waals surface area contributed by atoms with Gasteiger partial charge in [-0.3, -0.25) is 4.79 Å². The molecule has 0 spiro atoms. The number of rotatable bonds is 25. The van der Waals surface area contributed by atoms with Gasteiger partial charge in [0.2, 0.25) is 0 Å². The number of carbonyl (C=O) groups is 1. The van der Waals surface area contributed by atoms with E-state index in [0.717, 1.165) is 6.42 Å². The highest BCUT2D eigenvalue weighted by atomic mass is 79.9. The highest BCUT2D eigenvalue weighted by Crippen LogP contribution is 2.22. The fraction of sp³-hybridized carbons (Fsp3) is 0.649. The van der Waals surface area contributed by atoms with Gasteiger partial charge < -0.3 is 26.2 Å². The van der Waals surface area contributed by atoms with Crippen molar-refractivity contribution in [3.8, 4) is 5.75 Å². The maximum atomic E-state index is 12.8. The van der Waals surface area contributed by atoms with Gasteiger partial charge in [-0.2, -0.15) is 0 Å². The van der Waals surface area contributed by atoms with Gasteiger partial charge in [-0.15, -0.1) is 0 Å². The average molecular weight is 631 g/mol. The Labute approximate surface area is 263 Å². The van der Waals surface area contributed by atoms with Crippen LogP contribution in [0.5, 0.6) is 5.75 Å². The van der Waals surface area contributed by atoms with Gasteiger partial charge in [-0.25, -0.2) is 0 Å². The molecule has 0 aromatic heterocycles. The number of para-hydroxylation sites is 1. The van der Waals surface area contributed by atoms with Crippen LogP contribution in [0.4, 0.5) is 0 Å². The van der Waals surface area contributed by atoms with Gasteiger partial charge in [0.15, 0.2) is 5.78 Å². The first-order valence-electron chi connectivity index (χ1n) is 16.7. The fourth-order valence-electron chi connectivity index (χ4n) is 5.52. The summed E-state index contributed by atoms with van der Waals surface area (Å²) in [4.78, 5) is 12.8. The molecule has 2 rings (SSSR count). The summed E-state index contributed by atoms with van der Waals surface area (Å²) in [5.41, 5.74) is 1.36. The van der Waals surface area contributed by atoms with Gasteiger partial charge in [0.25, 0.3) is 0 Å². The second-order valence-electron chi connectivity index (χ2n) is 12.4. The smallest absolute Gasteiger partial charge is 0.196 e. The van der Waals surface area contributed by atoms with E-state index in [-0.39, 0.29) is 22.8 Å². The van der Waals surface area contributed by atoms with Gasteiger partial charge in [0.1, 0.15) is 5.75 Å². The number of halogens is 1. The third-order valence-electron chi connectivity index (χ3n) is 8.20. The second kappa shape index (κ2) is 23.9. The number of quaternary nitrogens is 1. The van der Waals surface area contributed by atoms with E-state index in [2.05, 4.69) is 21.0 Å². The highest BCUT2D eigenvalue weighted by Gasteiger charge is 2.14. The number of unbranched alkanes of at least 4 members (excludes halogenated alkanes) is 16. The summed E-state index contributed by atoms with van der Waals surface area (Å²) in [6.07, 6.45) is 24.5. The molecule has 0 saturated heterocycles. The number of carbonyl (C=O) groups excluding carboxylic acids is 1. The van der Waals surface area contributed by atoms with Crippen LogP contribution in [0.2, 0.25) is 0 Å². The molecule has 0 amide bonds. The van der Waals surface area contributed by atoms with Crippen molar-refractivity contribution in [3.05, 3.63) is 65.7 Å². The lowest BCUT2D eigenvalue weighted by atomic mass is 10.0. The second-order valence-corrected chi connectivity index (χ2v) is 12.4. The van der Waals surface area contributed by atoms with Crippen molar-refractivity contribution >= 4 is 5.78 Å². The van der Waals surface area contributed by atoms with Crippen LogP contribution in [0.3, 0.4) is 0 Å². The maximum absolute atomic E-state index is 12.8. The van der Waals surface area contributed by atoms with Gasteiger partial charge in [0, 0.05) is 5.56 Å². The lowest BCUT2D eigenvalue weighted by Crippen LogP contribution is -3.00. The number of hydrogen-bond donors (Lipinski definition) is 0. The van der Waals surface area contributed by atoms with Crippen molar-refractivity contribution in [1.29, 1.82) is 0 Å². The first-order chi connectivity index (χ1) is 19.5. The largest absolute Gasteiger partial charge is 1.00 e. The molecule has 0 atom stereocenters. The molecule has 0 saturated carbocycles. The SMILES string of the molecule is CCCC[N+](C)(C)CCCCCCCCCCCCCCCCCCOc1ccccc1C(=O)c1ccccc1.[Br-]. The molecular formula is C37H60BrNO2. The zero-order valence-corrected chi connectivity index (χ0v) is 28.3. The zero-order chi connectivity index (χ0) is 28.7. The first-order valence-corrected chi connectivity index (χ1v) is 16.7. The molecule has 4 heteroatoms. The summed E-state index contributed by atoms with van der Waals surface area (Å²) < 4.78 is 7.21. The molecule has 0 unspecified atom stereocenters. The van der Waals surface area contributed by atoms with E-state index in [1.165, 1.54) is 127 Å². The molecule has 0 N–H and O–H groups in total. The fourth-order valence-corrected chi connectivity index (χ4v) is 5.52. The summed E-state index contributed by atoms with van der Waals surface area (Å²) in [5.74, 6) is 0.729. The topological polar surface area (TPSA) is 26.3 Å². The Hall–Kier alpha value is -1.65. The van der Waals surface area contributed by atoms with E-state index < -0.39 is 0 Å². The summed E-state index contributed by atoms with van der Waals surface area (Å²) in [7, 11) is 4.79. The number of ketones is 1. The minimum atomic E-state index is 0. The summed E-state index contributed by atoms with van der Waals surface area (Å²) in [6, 6.07) is 17.1. The predicted octanol–water partition coefficient (Wildman–Crippen LogP) is 7.42. The van der Waals surface area contributed by atoms with Gasteiger partial charge in [-0.1, -0.05) is 139 Å². The van der Waals surface area contributed by atoms with E-state index in [1.807, 2.05) is 54.6 Å². The van der Waals surface area contributed by atoms with Crippen LogP contribution in [0.1, 0.15) is 138 Å². The van der Waals surface area contributed by atoms with Gasteiger partial charge in [-0.05, 0) is 37.8 Å². The van der Waals surface area contributed by atoms with E-state index in [9.17, 15) is 4.79 Å². The number of ether oxygens (including phenoxy) is 1. The third kappa shape index (κ3) is 17.8. The molecular weight excluding hydrogens is 570 g/mol. The molecule has 2 aromatic rings. The Morgan fingerprint density at radius 3 is 1.56 bits per heavy atom. The minimum absolute atomic E-state index is 0. The molecule has 3 nitrogen and oxygen atoms in total. The van der Waals surface area contributed by atoms with Gasteiger partial charge in [0.05, 0.1) is 39.4 Å². The molecule has 0 heterocycles. The Kier molecular flexibility index (Phi) is 21.8. The van der Waals surface area contributed by atoms with E-state index in [0.29, 0.717) is 23.5 Å². The maximum Gasteiger partial charge on any atom is 0.196 e. The molecule has 0 aliphatic heterocycles. The zero-order valence-electron chi connectivity index (χ0n) is 26.7. The van der Waals surface area contributed by atoms with Crippen molar-refractivity contribution in [2.24, 2.45) is 0 Å². The summed E-state index contributed by atoms with van der Waals surface area (Å²) in [5, 5.41) is 0. The summed E-state index contributed by atoms with van der Waals surface area (Å²) >= 11 is 0. The lowest BCUT2D eigenvalue weighted by molar-refractivity contribution is -0.890. The van der Waals surface area contributed by atoms with Crippen molar-refractivity contribution < 1.29 is 31.0 Å². The first kappa shape index (κ1) is 37.4. The van der Waals surface area contributed by atoms with Crippen molar-refractivity contribution in [1.82, 2.24) is 0 Å². The van der Waals surface area contributed by atoms with E-state index >= 15 is 0 Å². The monoisotopic (exact) mass is 629 g/mol. The normalized spacial score (nSPS) is 11.3. The van der Waals surface area contributed by atoms with Crippen LogP contribution in [0, 0.1) is 0 Å². The number of hydrogen-bond acceptors (Lipinski definition) is 2. The lowest BCUT2D eigenvalue weighted by Gasteiger charge is -2.29. The third-order valence-corrected chi connectivity index (χ3v) is 8.20. The molecule has 0 aliphatic carbocycles. The van der Waals surface area contributed by atoms with Crippen LogP contribution in [0.25, 0.3) is 0 Å². The molecule has 41 heavy (non-hydrogen) atoms. The Balaban J connectivity index is 0.00000840. The van der Waals surface area contributed by atoms with Crippen LogP contribution >= 0.6 is 0 Å². The number of nitrogens with zero attached hydrogens (tertiary/aromatic N) is 1. The van der Waals surface area contributed by atoms with Crippen molar-refractivity contribution in [3.63, 3.8) is 0 Å².